The molecule has 0 radical (unpaired) electrons. The van der Waals surface area contributed by atoms with E-state index in [0.717, 1.165) is 0 Å². The first-order valence-corrected chi connectivity index (χ1v) is 13.3. The highest BCUT2D eigenvalue weighted by atomic mass is 19.4. The number of halogens is 3. The van der Waals surface area contributed by atoms with Crippen LogP contribution in [0.25, 0.3) is 16.8 Å². The molecule has 1 atom stereocenters. The van der Waals surface area contributed by atoms with Crippen LogP contribution in [0.4, 0.5) is 24.5 Å². The smallest absolute Gasteiger partial charge is 0.354 e. The second-order valence-electron chi connectivity index (χ2n) is 10.4. The number of dihydropyridines is 1. The van der Waals surface area contributed by atoms with E-state index in [4.69, 9.17) is 11.0 Å². The van der Waals surface area contributed by atoms with E-state index in [1.54, 1.807) is 54.3 Å². The first-order chi connectivity index (χ1) is 20.0. The van der Waals surface area contributed by atoms with Gasteiger partial charge >= 0.3 is 6.18 Å². The highest BCUT2D eigenvalue weighted by Crippen LogP contribution is 2.40. The van der Waals surface area contributed by atoms with Crippen molar-refractivity contribution in [2.24, 2.45) is 16.6 Å². The number of alkyl halides is 3. The van der Waals surface area contributed by atoms with Gasteiger partial charge in [-0.1, -0.05) is 24.3 Å². The van der Waals surface area contributed by atoms with Gasteiger partial charge in [0.1, 0.15) is 5.71 Å². The van der Waals surface area contributed by atoms with Gasteiger partial charge in [0, 0.05) is 72.2 Å². The average Bonchev–Trinajstić information content (AvgIpc) is 3.25. The Balaban J connectivity index is 1.36. The van der Waals surface area contributed by atoms with Gasteiger partial charge in [0.2, 0.25) is 5.91 Å². The molecule has 0 aromatic heterocycles. The normalized spacial score (nSPS) is 17.1. The fourth-order valence-corrected chi connectivity index (χ4v) is 5.07. The van der Waals surface area contributed by atoms with E-state index in [2.05, 4.69) is 20.6 Å². The number of hydrogen-bond acceptors (Lipinski definition) is 7. The number of likely N-dealkylation sites (tertiary alicyclic amines) is 1. The van der Waals surface area contributed by atoms with Crippen LogP contribution in [0.5, 0.6) is 0 Å². The molecule has 0 spiro atoms. The molecule has 1 aliphatic carbocycles. The number of carbonyl (C=O) groups excluding carboxylic acids is 2. The third kappa shape index (κ3) is 5.96. The minimum Gasteiger partial charge on any atom is -0.354 e. The lowest BCUT2D eigenvalue weighted by molar-refractivity contribution is -0.134. The molecule has 5 rings (SSSR count). The molecule has 12 heteroatoms. The summed E-state index contributed by atoms with van der Waals surface area (Å²) in [5.74, 6) is -1.01. The van der Waals surface area contributed by atoms with Gasteiger partial charge in [0.25, 0.3) is 5.91 Å². The minimum atomic E-state index is -4.66. The van der Waals surface area contributed by atoms with Gasteiger partial charge in [-0.2, -0.15) is 18.4 Å². The van der Waals surface area contributed by atoms with Crippen LogP contribution < -0.4 is 16.4 Å². The Bertz CT molecular complexity index is 1600. The fourth-order valence-electron chi connectivity index (χ4n) is 5.07. The van der Waals surface area contributed by atoms with Crippen LogP contribution in [0, 0.1) is 24.2 Å². The number of hydrogen-bond donors (Lipinski definition) is 3. The Morgan fingerprint density at radius 2 is 1.93 bits per heavy atom. The summed E-state index contributed by atoms with van der Waals surface area (Å²) in [6.45, 7) is 2.50. The standard InChI is InChI=1S/C30H28F3N7O2/c1-17-10-20(6-7-21(17)29(42)38-14-26(41)40-15-19(35)16-40)39-25-5-3-2-4-22-24(13-36-27(22)25)23-11-18(8-9-34)12-37-28(23)30(31,32)33/h2-7,10-11,13,18-19,39H,8,12,14-16,35H2,1H3,(H,38,42). The SMILES string of the molecule is Cc1cc(Nc2ccccc3c(C4=CC(CC#N)CN=C4C(F)(F)F)cnc2-3)ccc1C(=O)NCC(=O)N1CC(N)C1. The van der Waals surface area contributed by atoms with Crippen molar-refractivity contribution in [2.45, 2.75) is 25.6 Å². The number of benzene rings is 1. The third-order valence-corrected chi connectivity index (χ3v) is 7.23. The van der Waals surface area contributed by atoms with Crippen molar-refractivity contribution in [2.75, 3.05) is 31.5 Å². The molecule has 1 unspecified atom stereocenters. The minimum absolute atomic E-state index is 0.0209. The zero-order valence-corrected chi connectivity index (χ0v) is 22.7. The number of nitrogens with one attached hydrogen (secondary N) is 2. The number of fused-ring (bicyclic) bond motifs is 1. The Kier molecular flexibility index (Phi) is 7.95. The van der Waals surface area contributed by atoms with Crippen LogP contribution in [0.15, 0.2) is 59.7 Å². The van der Waals surface area contributed by atoms with E-state index in [9.17, 15) is 22.8 Å². The van der Waals surface area contributed by atoms with Crippen molar-refractivity contribution < 1.29 is 22.8 Å². The zero-order valence-electron chi connectivity index (χ0n) is 22.7. The predicted octanol–water partition coefficient (Wildman–Crippen LogP) is 4.07. The Labute approximate surface area is 240 Å². The molecule has 216 valence electrons. The van der Waals surface area contributed by atoms with Gasteiger partial charge in [-0.25, -0.2) is 0 Å². The van der Waals surface area contributed by atoms with Crippen molar-refractivity contribution in [1.82, 2.24) is 15.2 Å². The number of carbonyl (C=O) groups is 2. The number of aromatic nitrogens is 1. The molecule has 2 amide bonds. The van der Waals surface area contributed by atoms with Crippen LogP contribution in [-0.4, -0.2) is 65.8 Å². The number of aryl methyl sites for hydroxylation is 1. The van der Waals surface area contributed by atoms with Gasteiger partial charge in [-0.15, -0.1) is 0 Å². The number of aliphatic imine (C=N–C) groups is 1. The maximum absolute atomic E-state index is 13.9. The molecular formula is C30H28F3N7O2. The molecule has 3 heterocycles. The summed E-state index contributed by atoms with van der Waals surface area (Å²) >= 11 is 0. The molecule has 1 aromatic rings. The summed E-state index contributed by atoms with van der Waals surface area (Å²) in [6.07, 6.45) is -1.74. The highest BCUT2D eigenvalue weighted by Gasteiger charge is 2.41. The first-order valence-electron chi connectivity index (χ1n) is 13.3. The molecule has 0 bridgehead atoms. The van der Waals surface area contributed by atoms with E-state index < -0.39 is 17.8 Å². The molecule has 0 saturated carbocycles. The van der Waals surface area contributed by atoms with Crippen molar-refractivity contribution >= 4 is 34.5 Å². The summed E-state index contributed by atoms with van der Waals surface area (Å²) in [4.78, 5) is 34.7. The zero-order chi connectivity index (χ0) is 30.0. The molecule has 1 aromatic carbocycles. The predicted molar refractivity (Wildman–Crippen MR) is 152 cm³/mol. The number of amides is 2. The van der Waals surface area contributed by atoms with Gasteiger partial charge in [-0.05, 0) is 36.8 Å². The Morgan fingerprint density at radius 1 is 1.17 bits per heavy atom. The largest absolute Gasteiger partial charge is 0.433 e. The van der Waals surface area contributed by atoms with E-state index >= 15 is 0 Å². The lowest BCUT2D eigenvalue weighted by atomic mass is 9.90. The second-order valence-corrected chi connectivity index (χ2v) is 10.4. The van der Waals surface area contributed by atoms with E-state index in [1.807, 2.05) is 6.07 Å². The summed E-state index contributed by atoms with van der Waals surface area (Å²) in [5.41, 5.74) is 8.10. The lowest BCUT2D eigenvalue weighted by Gasteiger charge is -2.36. The summed E-state index contributed by atoms with van der Waals surface area (Å²) in [5, 5.41) is 15.0. The number of nitrogens with zero attached hydrogens (tertiary/aromatic N) is 4. The van der Waals surface area contributed by atoms with Crippen molar-refractivity contribution in [3.05, 3.63) is 71.4 Å². The van der Waals surface area contributed by atoms with Crippen LogP contribution in [-0.2, 0) is 4.79 Å². The quantitative estimate of drug-likeness (QED) is 0.389. The molecule has 9 nitrogen and oxygen atoms in total. The van der Waals surface area contributed by atoms with Crippen LogP contribution in [0.2, 0.25) is 0 Å². The summed E-state index contributed by atoms with van der Waals surface area (Å²) < 4.78 is 41.7. The molecular weight excluding hydrogens is 547 g/mol. The summed E-state index contributed by atoms with van der Waals surface area (Å²) in [7, 11) is 0. The topological polar surface area (TPSA) is 136 Å². The van der Waals surface area contributed by atoms with Crippen molar-refractivity contribution in [3.63, 3.8) is 0 Å². The number of anilines is 2. The molecule has 1 fully saturated rings. The number of nitriles is 1. The van der Waals surface area contributed by atoms with Gasteiger partial charge in [0.15, 0.2) is 0 Å². The Hall–Kier alpha value is -4.76. The third-order valence-electron chi connectivity index (χ3n) is 7.23. The summed E-state index contributed by atoms with van der Waals surface area (Å²) in [6, 6.07) is 14.0. The van der Waals surface area contributed by atoms with Crippen molar-refractivity contribution in [1.29, 1.82) is 5.26 Å². The first kappa shape index (κ1) is 28.8. The van der Waals surface area contributed by atoms with Crippen LogP contribution in [0.3, 0.4) is 0 Å². The van der Waals surface area contributed by atoms with Crippen LogP contribution in [0.1, 0.15) is 27.9 Å². The average molecular weight is 576 g/mol. The number of rotatable bonds is 7. The maximum Gasteiger partial charge on any atom is 0.433 e. The van der Waals surface area contributed by atoms with Gasteiger partial charge in [0.05, 0.1) is 24.0 Å². The molecule has 1 saturated heterocycles. The number of allylic oxidation sites excluding steroid dienone is 1. The van der Waals surface area contributed by atoms with E-state index in [0.29, 0.717) is 46.8 Å². The van der Waals surface area contributed by atoms with E-state index in [1.165, 1.54) is 12.3 Å². The maximum atomic E-state index is 13.9. The van der Waals surface area contributed by atoms with Gasteiger partial charge < -0.3 is 21.3 Å². The Morgan fingerprint density at radius 3 is 2.62 bits per heavy atom. The second kappa shape index (κ2) is 11.6. The molecule has 3 aliphatic heterocycles. The molecule has 4 N–H and O–H groups in total. The monoisotopic (exact) mass is 575 g/mol. The highest BCUT2D eigenvalue weighted by molar-refractivity contribution is 6.28. The molecule has 42 heavy (non-hydrogen) atoms. The van der Waals surface area contributed by atoms with E-state index in [-0.39, 0.29) is 48.5 Å². The van der Waals surface area contributed by atoms with Gasteiger partial charge in [-0.3, -0.25) is 19.6 Å². The van der Waals surface area contributed by atoms with Crippen LogP contribution >= 0.6 is 0 Å². The lowest BCUT2D eigenvalue weighted by Crippen LogP contribution is -2.59. The molecule has 4 aliphatic rings. The fraction of sp³-hybridized carbons (Fsp3) is 0.300. The van der Waals surface area contributed by atoms with Crippen molar-refractivity contribution in [3.8, 4) is 17.3 Å². The number of nitrogens with two attached hydrogens (primary N) is 1.